The molecule has 0 aliphatic heterocycles. The van der Waals surface area contributed by atoms with Crippen molar-refractivity contribution in [3.8, 4) is 0 Å². The molecule has 0 aromatic carbocycles. The molecule has 0 aliphatic rings. The Morgan fingerprint density at radius 3 is 1.62 bits per heavy atom. The zero-order valence-corrected chi connectivity index (χ0v) is 10.5. The Balaban J connectivity index is 3.99. The quantitative estimate of drug-likeness (QED) is 0.351. The minimum atomic E-state index is -2.92. The summed E-state index contributed by atoms with van der Waals surface area (Å²) in [5, 5.41) is 35.4. The predicted molar refractivity (Wildman–Crippen MR) is 56.7 cm³/mol. The van der Waals surface area contributed by atoms with Gasteiger partial charge in [-0.1, -0.05) is 0 Å². The highest BCUT2D eigenvalue weighted by molar-refractivity contribution is 6.59. The van der Waals surface area contributed by atoms with Crippen molar-refractivity contribution in [1.29, 1.82) is 0 Å². The van der Waals surface area contributed by atoms with Crippen LogP contribution in [-0.4, -0.2) is 75.0 Å². The van der Waals surface area contributed by atoms with Crippen molar-refractivity contribution in [1.82, 2.24) is 0 Å². The summed E-state index contributed by atoms with van der Waals surface area (Å²) in [6, 6.07) is 0. The number of aliphatic hydroxyl groups excluding tert-OH is 4. The van der Waals surface area contributed by atoms with Gasteiger partial charge < -0.3 is 33.7 Å². The maximum atomic E-state index is 9.09. The van der Waals surface area contributed by atoms with Gasteiger partial charge in [0.2, 0.25) is 0 Å². The molecule has 7 nitrogen and oxygen atoms in total. The largest absolute Gasteiger partial charge is 0.497 e. The van der Waals surface area contributed by atoms with Crippen LogP contribution in [0.3, 0.4) is 0 Å². The Morgan fingerprint density at radius 1 is 1.00 bits per heavy atom. The molecular weight excluding hydrogens is 236 g/mol. The summed E-state index contributed by atoms with van der Waals surface area (Å²) < 4.78 is 15.5. The highest BCUT2D eigenvalue weighted by Crippen LogP contribution is 2.09. The van der Waals surface area contributed by atoms with Crippen LogP contribution in [0.25, 0.3) is 0 Å². The van der Waals surface area contributed by atoms with Crippen molar-refractivity contribution in [3.05, 3.63) is 0 Å². The summed E-state index contributed by atoms with van der Waals surface area (Å²) in [6.07, 6.45) is -1.98. The third-order valence-electron chi connectivity index (χ3n) is 1.87. The molecule has 0 radical (unpaired) electrons. The Labute approximate surface area is 95.6 Å². The van der Waals surface area contributed by atoms with Crippen molar-refractivity contribution in [2.45, 2.75) is 18.8 Å². The Kier molecular flexibility index (Phi) is 8.06. The van der Waals surface area contributed by atoms with Gasteiger partial charge in [-0.25, -0.2) is 0 Å². The minimum Gasteiger partial charge on any atom is -0.394 e. The van der Waals surface area contributed by atoms with Crippen LogP contribution in [0.5, 0.6) is 0 Å². The molecule has 0 fully saturated rings. The van der Waals surface area contributed by atoms with Crippen LogP contribution in [0.15, 0.2) is 0 Å². The molecule has 0 rings (SSSR count). The van der Waals surface area contributed by atoms with Gasteiger partial charge >= 0.3 is 8.80 Å². The van der Waals surface area contributed by atoms with Gasteiger partial charge in [0.25, 0.3) is 0 Å². The highest BCUT2D eigenvalue weighted by Gasteiger charge is 2.34. The van der Waals surface area contributed by atoms with E-state index in [2.05, 4.69) is 0 Å². The van der Waals surface area contributed by atoms with Crippen LogP contribution >= 0.6 is 0 Å². The van der Waals surface area contributed by atoms with E-state index in [4.69, 9.17) is 33.7 Å². The maximum Gasteiger partial charge on any atom is 0.497 e. The van der Waals surface area contributed by atoms with Crippen molar-refractivity contribution < 1.29 is 33.7 Å². The topological polar surface area (TPSA) is 109 Å². The Hall–Kier alpha value is -0.0631. The molecule has 0 spiro atoms. The molecule has 2 unspecified atom stereocenters. The fourth-order valence-electron chi connectivity index (χ4n) is 0.760. The third kappa shape index (κ3) is 6.50. The fourth-order valence-corrected chi connectivity index (χ4v) is 2.07. The van der Waals surface area contributed by atoms with E-state index < -0.39 is 34.2 Å². The highest BCUT2D eigenvalue weighted by atomic mass is 28.4. The average molecular weight is 256 g/mol. The first-order chi connectivity index (χ1) is 7.47. The van der Waals surface area contributed by atoms with E-state index in [0.717, 1.165) is 0 Å². The fraction of sp³-hybridized carbons (Fsp3) is 1.00. The first-order valence-corrected chi connectivity index (χ1v) is 7.10. The Bertz CT molecular complexity index is 166. The number of aliphatic hydroxyl groups is 4. The summed E-state index contributed by atoms with van der Waals surface area (Å²) in [5.41, 5.74) is 0. The molecule has 0 aromatic rings. The molecule has 4 N–H and O–H groups in total. The van der Waals surface area contributed by atoms with Crippen LogP contribution in [0.2, 0.25) is 6.55 Å². The predicted octanol–water partition coefficient (Wildman–Crippen LogP) is -2.06. The second kappa shape index (κ2) is 8.09. The Morgan fingerprint density at radius 2 is 1.38 bits per heavy atom. The molecule has 0 saturated heterocycles. The summed E-state index contributed by atoms with van der Waals surface area (Å²) in [4.78, 5) is 0. The van der Waals surface area contributed by atoms with Crippen LogP contribution in [0, 0.1) is 0 Å². The summed E-state index contributed by atoms with van der Waals surface area (Å²) in [6.45, 7) is 0.548. The molecule has 0 heterocycles. The number of hydrogen-bond donors (Lipinski definition) is 4. The smallest absolute Gasteiger partial charge is 0.394 e. The normalized spacial score (nSPS) is 19.1. The SMILES string of the molecule is CO[Si](C)(OCC(O)CO)OCC(O)CO. The van der Waals surface area contributed by atoms with Crippen molar-refractivity contribution in [3.63, 3.8) is 0 Å². The molecule has 98 valence electrons. The molecule has 16 heavy (non-hydrogen) atoms. The van der Waals surface area contributed by atoms with Crippen LogP contribution in [-0.2, 0) is 13.3 Å². The minimum absolute atomic E-state index is 0.109. The van der Waals surface area contributed by atoms with Crippen molar-refractivity contribution in [2.75, 3.05) is 33.5 Å². The van der Waals surface area contributed by atoms with Gasteiger partial charge in [-0.3, -0.25) is 0 Å². The first kappa shape index (κ1) is 15.9. The van der Waals surface area contributed by atoms with Crippen molar-refractivity contribution >= 4 is 8.80 Å². The second-order valence-electron chi connectivity index (χ2n) is 3.36. The van der Waals surface area contributed by atoms with Gasteiger partial charge in [0.15, 0.2) is 0 Å². The van der Waals surface area contributed by atoms with Gasteiger partial charge in [-0.15, -0.1) is 0 Å². The van der Waals surface area contributed by atoms with Crippen LogP contribution in [0.1, 0.15) is 0 Å². The van der Waals surface area contributed by atoms with Gasteiger partial charge in [-0.2, -0.15) is 0 Å². The molecule has 0 saturated carbocycles. The third-order valence-corrected chi connectivity index (χ3v) is 3.99. The van der Waals surface area contributed by atoms with E-state index >= 15 is 0 Å². The molecule has 0 bridgehead atoms. The monoisotopic (exact) mass is 256 g/mol. The molecule has 2 atom stereocenters. The first-order valence-electron chi connectivity index (χ1n) is 4.88. The maximum absolute atomic E-state index is 9.09. The molecule has 0 aromatic heterocycles. The average Bonchev–Trinajstić information content (AvgIpc) is 2.32. The summed E-state index contributed by atoms with van der Waals surface area (Å²) in [7, 11) is -1.53. The van der Waals surface area contributed by atoms with Crippen molar-refractivity contribution in [2.24, 2.45) is 0 Å². The second-order valence-corrected chi connectivity index (χ2v) is 6.07. The molecule has 8 heteroatoms. The number of rotatable bonds is 9. The zero-order valence-electron chi connectivity index (χ0n) is 9.50. The van der Waals surface area contributed by atoms with Gasteiger partial charge in [0, 0.05) is 13.7 Å². The van der Waals surface area contributed by atoms with E-state index in [-0.39, 0.29) is 13.2 Å². The number of hydrogen-bond acceptors (Lipinski definition) is 7. The molecular formula is C8H20O7Si. The van der Waals surface area contributed by atoms with E-state index in [1.165, 1.54) is 7.11 Å². The van der Waals surface area contributed by atoms with E-state index in [9.17, 15) is 0 Å². The summed E-state index contributed by atoms with van der Waals surface area (Å²) in [5.74, 6) is 0. The van der Waals surface area contributed by atoms with Gasteiger partial charge in [0.1, 0.15) is 0 Å². The standard InChI is InChI=1S/C8H20O7Si/c1-13-16(2,14-5-7(11)3-9)15-6-8(12)4-10/h7-12H,3-6H2,1-2H3. The van der Waals surface area contributed by atoms with Gasteiger partial charge in [-0.05, 0) is 0 Å². The van der Waals surface area contributed by atoms with E-state index in [1.54, 1.807) is 6.55 Å². The summed E-state index contributed by atoms with van der Waals surface area (Å²) >= 11 is 0. The lowest BCUT2D eigenvalue weighted by Crippen LogP contribution is -2.45. The lowest BCUT2D eigenvalue weighted by atomic mass is 10.4. The lowest BCUT2D eigenvalue weighted by Gasteiger charge is -2.26. The van der Waals surface area contributed by atoms with E-state index in [0.29, 0.717) is 0 Å². The van der Waals surface area contributed by atoms with E-state index in [1.807, 2.05) is 0 Å². The van der Waals surface area contributed by atoms with Crippen LogP contribution < -0.4 is 0 Å². The lowest BCUT2D eigenvalue weighted by molar-refractivity contribution is -0.0109. The molecule has 0 amide bonds. The van der Waals surface area contributed by atoms with Gasteiger partial charge in [0.05, 0.1) is 38.6 Å². The molecule has 0 aliphatic carbocycles. The van der Waals surface area contributed by atoms with Crippen LogP contribution in [0.4, 0.5) is 0 Å². The zero-order chi connectivity index (χ0) is 12.6.